The standard InChI is InChI=1S/C16H19NOS/c1-11(17-16(18)9-12-6-7-12)8-13-10-19-15-5-3-2-4-14(13)15/h2-5,10-12H,6-9H2,1H3,(H,17,18). The maximum Gasteiger partial charge on any atom is 0.220 e. The van der Waals surface area contributed by atoms with E-state index in [1.54, 1.807) is 11.3 Å². The van der Waals surface area contributed by atoms with Gasteiger partial charge in [0.25, 0.3) is 0 Å². The third-order valence-electron chi connectivity index (χ3n) is 3.67. The number of carbonyl (C=O) groups is 1. The van der Waals surface area contributed by atoms with Gasteiger partial charge in [-0.15, -0.1) is 11.3 Å². The molecule has 0 spiro atoms. The molecule has 1 saturated carbocycles. The maximum atomic E-state index is 11.8. The van der Waals surface area contributed by atoms with E-state index in [2.05, 4.69) is 41.9 Å². The Bertz CT molecular complexity index is 585. The van der Waals surface area contributed by atoms with Gasteiger partial charge in [-0.3, -0.25) is 4.79 Å². The second-order valence-electron chi connectivity index (χ2n) is 5.58. The Hall–Kier alpha value is -1.35. The summed E-state index contributed by atoms with van der Waals surface area (Å²) in [5.74, 6) is 0.878. The number of nitrogens with one attached hydrogen (secondary N) is 1. The topological polar surface area (TPSA) is 29.1 Å². The van der Waals surface area contributed by atoms with E-state index >= 15 is 0 Å². The molecule has 1 amide bonds. The quantitative estimate of drug-likeness (QED) is 0.883. The fourth-order valence-corrected chi connectivity index (χ4v) is 3.47. The molecule has 1 atom stereocenters. The molecule has 100 valence electrons. The zero-order valence-electron chi connectivity index (χ0n) is 11.2. The Morgan fingerprint density at radius 1 is 1.42 bits per heavy atom. The van der Waals surface area contributed by atoms with Crippen LogP contribution < -0.4 is 5.32 Å². The number of fused-ring (bicyclic) bond motifs is 1. The lowest BCUT2D eigenvalue weighted by Crippen LogP contribution is -2.34. The first-order valence-corrected chi connectivity index (χ1v) is 7.85. The molecule has 19 heavy (non-hydrogen) atoms. The van der Waals surface area contributed by atoms with E-state index in [-0.39, 0.29) is 11.9 Å². The van der Waals surface area contributed by atoms with Crippen LogP contribution in [0.2, 0.25) is 0 Å². The Morgan fingerprint density at radius 3 is 3.00 bits per heavy atom. The molecule has 0 saturated heterocycles. The summed E-state index contributed by atoms with van der Waals surface area (Å²) in [4.78, 5) is 11.8. The van der Waals surface area contributed by atoms with E-state index in [0.717, 1.165) is 6.42 Å². The molecule has 1 aromatic carbocycles. The van der Waals surface area contributed by atoms with Crippen LogP contribution in [0.3, 0.4) is 0 Å². The molecule has 1 unspecified atom stereocenters. The lowest BCUT2D eigenvalue weighted by atomic mass is 10.1. The summed E-state index contributed by atoms with van der Waals surface area (Å²) in [5, 5.41) is 6.67. The van der Waals surface area contributed by atoms with Crippen LogP contribution in [-0.4, -0.2) is 11.9 Å². The van der Waals surface area contributed by atoms with E-state index in [9.17, 15) is 4.79 Å². The molecule has 2 aromatic rings. The minimum atomic E-state index is 0.212. The molecule has 1 aromatic heterocycles. The third-order valence-corrected chi connectivity index (χ3v) is 4.68. The first-order chi connectivity index (χ1) is 9.22. The monoisotopic (exact) mass is 273 g/mol. The second-order valence-corrected chi connectivity index (χ2v) is 6.49. The Kier molecular flexibility index (Phi) is 3.56. The van der Waals surface area contributed by atoms with Crippen molar-refractivity contribution in [2.24, 2.45) is 5.92 Å². The van der Waals surface area contributed by atoms with Crippen molar-refractivity contribution >= 4 is 27.3 Å². The molecule has 1 heterocycles. The highest BCUT2D eigenvalue weighted by Crippen LogP contribution is 2.32. The van der Waals surface area contributed by atoms with Crippen LogP contribution in [0.4, 0.5) is 0 Å². The van der Waals surface area contributed by atoms with Gasteiger partial charge in [0.05, 0.1) is 0 Å². The predicted molar refractivity (Wildman–Crippen MR) is 80.5 cm³/mol. The van der Waals surface area contributed by atoms with Gasteiger partial charge in [0.15, 0.2) is 0 Å². The summed E-state index contributed by atoms with van der Waals surface area (Å²) in [6.07, 6.45) is 4.10. The molecule has 1 aliphatic carbocycles. The van der Waals surface area contributed by atoms with Crippen LogP contribution in [-0.2, 0) is 11.2 Å². The zero-order chi connectivity index (χ0) is 13.2. The van der Waals surface area contributed by atoms with E-state index in [1.807, 2.05) is 0 Å². The van der Waals surface area contributed by atoms with Crippen molar-refractivity contribution in [3.8, 4) is 0 Å². The summed E-state index contributed by atoms with van der Waals surface area (Å²) in [7, 11) is 0. The summed E-state index contributed by atoms with van der Waals surface area (Å²) < 4.78 is 1.33. The summed E-state index contributed by atoms with van der Waals surface area (Å²) >= 11 is 1.78. The van der Waals surface area contributed by atoms with Crippen LogP contribution in [0.25, 0.3) is 10.1 Å². The lowest BCUT2D eigenvalue weighted by molar-refractivity contribution is -0.122. The molecule has 3 rings (SSSR count). The van der Waals surface area contributed by atoms with Crippen LogP contribution in [0.15, 0.2) is 29.6 Å². The highest BCUT2D eigenvalue weighted by molar-refractivity contribution is 7.17. The first-order valence-electron chi connectivity index (χ1n) is 6.97. The van der Waals surface area contributed by atoms with Gasteiger partial charge in [0.2, 0.25) is 5.91 Å². The average Bonchev–Trinajstić information content (AvgIpc) is 3.10. The van der Waals surface area contributed by atoms with Crippen LogP contribution in [0, 0.1) is 5.92 Å². The van der Waals surface area contributed by atoms with E-state index in [4.69, 9.17) is 0 Å². The minimum Gasteiger partial charge on any atom is -0.353 e. The largest absolute Gasteiger partial charge is 0.353 e. The van der Waals surface area contributed by atoms with Crippen LogP contribution in [0.5, 0.6) is 0 Å². The number of hydrogen-bond donors (Lipinski definition) is 1. The predicted octanol–water partition coefficient (Wildman–Crippen LogP) is 3.75. The number of carbonyl (C=O) groups excluding carboxylic acids is 1. The molecule has 3 heteroatoms. The molecule has 1 N–H and O–H groups in total. The van der Waals surface area contributed by atoms with Gasteiger partial charge in [-0.1, -0.05) is 18.2 Å². The van der Waals surface area contributed by atoms with Crippen LogP contribution in [0.1, 0.15) is 31.7 Å². The molecule has 1 fully saturated rings. The lowest BCUT2D eigenvalue weighted by Gasteiger charge is -2.13. The Morgan fingerprint density at radius 2 is 2.21 bits per heavy atom. The van der Waals surface area contributed by atoms with Gasteiger partial charge in [0.1, 0.15) is 0 Å². The Labute approximate surface area is 117 Å². The fraction of sp³-hybridized carbons (Fsp3) is 0.438. The van der Waals surface area contributed by atoms with Crippen molar-refractivity contribution in [1.82, 2.24) is 5.32 Å². The summed E-state index contributed by atoms with van der Waals surface area (Å²) in [5.41, 5.74) is 1.35. The molecular formula is C16H19NOS. The second kappa shape index (κ2) is 5.33. The van der Waals surface area contributed by atoms with Gasteiger partial charge in [-0.2, -0.15) is 0 Å². The van der Waals surface area contributed by atoms with Gasteiger partial charge in [0, 0.05) is 17.2 Å². The van der Waals surface area contributed by atoms with E-state index in [1.165, 1.54) is 28.5 Å². The van der Waals surface area contributed by atoms with Crippen molar-refractivity contribution in [3.05, 3.63) is 35.2 Å². The fourth-order valence-electron chi connectivity index (χ4n) is 2.49. The Balaban J connectivity index is 1.61. The highest BCUT2D eigenvalue weighted by atomic mass is 32.1. The van der Waals surface area contributed by atoms with Crippen molar-refractivity contribution < 1.29 is 4.79 Å². The first kappa shape index (κ1) is 12.7. The van der Waals surface area contributed by atoms with Gasteiger partial charge in [-0.25, -0.2) is 0 Å². The van der Waals surface area contributed by atoms with Crippen molar-refractivity contribution in [3.63, 3.8) is 0 Å². The van der Waals surface area contributed by atoms with E-state index in [0.29, 0.717) is 12.3 Å². The third kappa shape index (κ3) is 3.16. The van der Waals surface area contributed by atoms with Crippen molar-refractivity contribution in [2.75, 3.05) is 0 Å². The number of hydrogen-bond acceptors (Lipinski definition) is 2. The zero-order valence-corrected chi connectivity index (χ0v) is 12.0. The number of amides is 1. The number of rotatable bonds is 5. The SMILES string of the molecule is CC(Cc1csc2ccccc12)NC(=O)CC1CC1. The molecule has 0 bridgehead atoms. The highest BCUT2D eigenvalue weighted by Gasteiger charge is 2.24. The number of benzene rings is 1. The van der Waals surface area contributed by atoms with Gasteiger partial charge in [-0.05, 0) is 54.5 Å². The van der Waals surface area contributed by atoms with Gasteiger partial charge >= 0.3 is 0 Å². The van der Waals surface area contributed by atoms with Crippen molar-refractivity contribution in [1.29, 1.82) is 0 Å². The van der Waals surface area contributed by atoms with Gasteiger partial charge < -0.3 is 5.32 Å². The molecule has 0 aliphatic heterocycles. The number of thiophene rings is 1. The molecule has 2 nitrogen and oxygen atoms in total. The smallest absolute Gasteiger partial charge is 0.220 e. The van der Waals surface area contributed by atoms with E-state index < -0.39 is 0 Å². The minimum absolute atomic E-state index is 0.212. The molecular weight excluding hydrogens is 254 g/mol. The molecule has 0 radical (unpaired) electrons. The van der Waals surface area contributed by atoms with Crippen molar-refractivity contribution in [2.45, 2.75) is 38.6 Å². The molecule has 1 aliphatic rings. The summed E-state index contributed by atoms with van der Waals surface area (Å²) in [6.45, 7) is 2.09. The van der Waals surface area contributed by atoms with Crippen LogP contribution >= 0.6 is 11.3 Å². The average molecular weight is 273 g/mol. The normalized spacial score (nSPS) is 16.5. The maximum absolute atomic E-state index is 11.8. The summed E-state index contributed by atoms with van der Waals surface area (Å²) in [6, 6.07) is 8.68.